The first-order valence-electron chi connectivity index (χ1n) is 6.45. The molecule has 0 amide bonds. The van der Waals surface area contributed by atoms with Gasteiger partial charge in [0.2, 0.25) is 0 Å². The third-order valence-corrected chi connectivity index (χ3v) is 4.39. The molecular formula is C14H16ClN3. The van der Waals surface area contributed by atoms with Gasteiger partial charge in [-0.05, 0) is 43.5 Å². The zero-order valence-corrected chi connectivity index (χ0v) is 11.0. The fourth-order valence-electron chi connectivity index (χ4n) is 3.05. The van der Waals surface area contributed by atoms with E-state index in [0.717, 1.165) is 11.6 Å². The number of hydrogen-bond acceptors (Lipinski definition) is 3. The van der Waals surface area contributed by atoms with Crippen molar-refractivity contribution in [3.05, 3.63) is 28.8 Å². The normalized spacial score (nSPS) is 29.9. The van der Waals surface area contributed by atoms with Crippen molar-refractivity contribution in [3.8, 4) is 6.07 Å². The molecule has 2 aliphatic heterocycles. The number of fused-ring (bicyclic) bond motifs is 2. The third-order valence-electron chi connectivity index (χ3n) is 4.08. The van der Waals surface area contributed by atoms with Gasteiger partial charge in [0, 0.05) is 24.8 Å². The van der Waals surface area contributed by atoms with Gasteiger partial charge in [-0.2, -0.15) is 5.26 Å². The van der Waals surface area contributed by atoms with Gasteiger partial charge in [0.05, 0.1) is 10.6 Å². The van der Waals surface area contributed by atoms with Crippen molar-refractivity contribution in [3.63, 3.8) is 0 Å². The lowest BCUT2D eigenvalue weighted by Gasteiger charge is -2.31. The molecular weight excluding hydrogens is 246 g/mol. The number of anilines is 1. The van der Waals surface area contributed by atoms with Gasteiger partial charge >= 0.3 is 0 Å². The quantitative estimate of drug-likeness (QED) is 0.890. The Labute approximate surface area is 112 Å². The van der Waals surface area contributed by atoms with Crippen LogP contribution in [0, 0.1) is 17.2 Å². The lowest BCUT2D eigenvalue weighted by Crippen LogP contribution is -2.39. The van der Waals surface area contributed by atoms with Gasteiger partial charge in [-0.3, -0.25) is 0 Å². The molecule has 3 rings (SSSR count). The Morgan fingerprint density at radius 1 is 1.33 bits per heavy atom. The van der Waals surface area contributed by atoms with E-state index in [1.165, 1.54) is 32.5 Å². The Morgan fingerprint density at radius 2 is 2.17 bits per heavy atom. The molecule has 1 N–H and O–H groups in total. The maximum atomic E-state index is 8.86. The molecule has 94 valence electrons. The van der Waals surface area contributed by atoms with Crippen molar-refractivity contribution < 1.29 is 0 Å². The van der Waals surface area contributed by atoms with Crippen molar-refractivity contribution in [2.45, 2.75) is 18.9 Å². The second kappa shape index (κ2) is 4.79. The van der Waals surface area contributed by atoms with E-state index in [1.807, 2.05) is 12.1 Å². The molecule has 1 aromatic rings. The van der Waals surface area contributed by atoms with Crippen LogP contribution in [-0.2, 0) is 0 Å². The SMILES string of the molecule is N#Cc1ccc(NC2CCN3CCC2C3)cc1Cl. The highest BCUT2D eigenvalue weighted by Gasteiger charge is 2.34. The standard InChI is InChI=1S/C14H16ClN3/c15-13-7-12(2-1-10(13)8-16)17-14-4-6-18-5-3-11(14)9-18/h1-2,7,11,14,17H,3-6,9H2. The predicted octanol–water partition coefficient (Wildman–Crippen LogP) is 2.72. The van der Waals surface area contributed by atoms with E-state index in [2.05, 4.69) is 16.3 Å². The fraction of sp³-hybridized carbons (Fsp3) is 0.500. The zero-order chi connectivity index (χ0) is 12.5. The van der Waals surface area contributed by atoms with E-state index in [0.29, 0.717) is 16.6 Å². The van der Waals surface area contributed by atoms with Crippen LogP contribution in [0.3, 0.4) is 0 Å². The lowest BCUT2D eigenvalue weighted by atomic mass is 9.94. The van der Waals surface area contributed by atoms with E-state index < -0.39 is 0 Å². The highest BCUT2D eigenvalue weighted by atomic mass is 35.5. The highest BCUT2D eigenvalue weighted by Crippen LogP contribution is 2.30. The van der Waals surface area contributed by atoms with E-state index in [9.17, 15) is 0 Å². The Hall–Kier alpha value is -1.24. The van der Waals surface area contributed by atoms with Crippen LogP contribution >= 0.6 is 11.6 Å². The van der Waals surface area contributed by atoms with Gasteiger partial charge in [0.1, 0.15) is 6.07 Å². The van der Waals surface area contributed by atoms with Crippen LogP contribution in [0.1, 0.15) is 18.4 Å². The van der Waals surface area contributed by atoms with Gasteiger partial charge < -0.3 is 10.2 Å². The molecule has 2 saturated heterocycles. The molecule has 0 aliphatic carbocycles. The molecule has 1 aromatic carbocycles. The number of rotatable bonds is 2. The minimum Gasteiger partial charge on any atom is -0.382 e. The Bertz CT molecular complexity index is 494. The minimum atomic E-state index is 0.534. The van der Waals surface area contributed by atoms with Crippen LogP contribution < -0.4 is 5.32 Å². The number of piperidine rings is 1. The van der Waals surface area contributed by atoms with Crippen LogP contribution in [-0.4, -0.2) is 30.6 Å². The summed E-state index contributed by atoms with van der Waals surface area (Å²) >= 11 is 6.05. The maximum Gasteiger partial charge on any atom is 0.101 e. The summed E-state index contributed by atoms with van der Waals surface area (Å²) in [6.45, 7) is 3.66. The third kappa shape index (κ3) is 2.19. The number of halogens is 1. The summed E-state index contributed by atoms with van der Waals surface area (Å²) in [4.78, 5) is 2.54. The van der Waals surface area contributed by atoms with Crippen LogP contribution in [0.5, 0.6) is 0 Å². The predicted molar refractivity (Wildman–Crippen MR) is 72.7 cm³/mol. The Kier molecular flexibility index (Phi) is 3.15. The molecule has 2 fully saturated rings. The van der Waals surface area contributed by atoms with Gasteiger partial charge in [0.25, 0.3) is 0 Å². The van der Waals surface area contributed by atoms with Crippen molar-refractivity contribution in [1.82, 2.24) is 4.90 Å². The molecule has 3 nitrogen and oxygen atoms in total. The topological polar surface area (TPSA) is 39.1 Å². The number of benzene rings is 1. The number of nitriles is 1. The number of hydrogen-bond donors (Lipinski definition) is 1. The van der Waals surface area contributed by atoms with Gasteiger partial charge in [-0.1, -0.05) is 11.6 Å². The average molecular weight is 262 g/mol. The average Bonchev–Trinajstić information content (AvgIpc) is 2.76. The van der Waals surface area contributed by atoms with E-state index >= 15 is 0 Å². The van der Waals surface area contributed by atoms with Gasteiger partial charge in [0.15, 0.2) is 0 Å². The van der Waals surface area contributed by atoms with Crippen molar-refractivity contribution in [1.29, 1.82) is 5.26 Å². The molecule has 0 aromatic heterocycles. The molecule has 3 atom stereocenters. The summed E-state index contributed by atoms with van der Waals surface area (Å²) in [5, 5.41) is 13.0. The Balaban J connectivity index is 1.73. The number of nitrogens with one attached hydrogen (secondary N) is 1. The summed E-state index contributed by atoms with van der Waals surface area (Å²) in [5.41, 5.74) is 1.57. The fourth-order valence-corrected chi connectivity index (χ4v) is 3.27. The first-order valence-corrected chi connectivity index (χ1v) is 6.82. The van der Waals surface area contributed by atoms with Crippen molar-refractivity contribution >= 4 is 17.3 Å². The lowest BCUT2D eigenvalue weighted by molar-refractivity contribution is 0.255. The molecule has 0 saturated carbocycles. The molecule has 0 spiro atoms. The van der Waals surface area contributed by atoms with Crippen molar-refractivity contribution in [2.75, 3.05) is 25.0 Å². The summed E-state index contributed by atoms with van der Waals surface area (Å²) in [5.74, 6) is 0.758. The monoisotopic (exact) mass is 261 g/mol. The second-order valence-electron chi connectivity index (χ2n) is 5.20. The second-order valence-corrected chi connectivity index (χ2v) is 5.60. The molecule has 2 aliphatic rings. The zero-order valence-electron chi connectivity index (χ0n) is 10.2. The number of nitrogens with zero attached hydrogens (tertiary/aromatic N) is 2. The van der Waals surface area contributed by atoms with Crippen LogP contribution in [0.25, 0.3) is 0 Å². The molecule has 2 heterocycles. The van der Waals surface area contributed by atoms with Gasteiger partial charge in [-0.25, -0.2) is 0 Å². The summed E-state index contributed by atoms with van der Waals surface area (Å²) in [6, 6.07) is 8.23. The minimum absolute atomic E-state index is 0.534. The largest absolute Gasteiger partial charge is 0.382 e. The summed E-state index contributed by atoms with van der Waals surface area (Å²) < 4.78 is 0. The molecule has 3 unspecified atom stereocenters. The highest BCUT2D eigenvalue weighted by molar-refractivity contribution is 6.32. The Morgan fingerprint density at radius 3 is 2.94 bits per heavy atom. The van der Waals surface area contributed by atoms with Crippen LogP contribution in [0.4, 0.5) is 5.69 Å². The van der Waals surface area contributed by atoms with Crippen LogP contribution in [0.15, 0.2) is 18.2 Å². The molecule has 2 bridgehead atoms. The molecule has 18 heavy (non-hydrogen) atoms. The summed E-state index contributed by atoms with van der Waals surface area (Å²) in [6.07, 6.45) is 2.49. The van der Waals surface area contributed by atoms with Crippen LogP contribution in [0.2, 0.25) is 5.02 Å². The van der Waals surface area contributed by atoms with E-state index in [1.54, 1.807) is 6.07 Å². The summed E-state index contributed by atoms with van der Waals surface area (Å²) in [7, 11) is 0. The first-order chi connectivity index (χ1) is 8.76. The van der Waals surface area contributed by atoms with E-state index in [4.69, 9.17) is 16.9 Å². The van der Waals surface area contributed by atoms with E-state index in [-0.39, 0.29) is 0 Å². The molecule has 4 heteroatoms. The van der Waals surface area contributed by atoms with Gasteiger partial charge in [-0.15, -0.1) is 0 Å². The van der Waals surface area contributed by atoms with Crippen molar-refractivity contribution in [2.24, 2.45) is 5.92 Å². The maximum absolute atomic E-state index is 8.86. The smallest absolute Gasteiger partial charge is 0.101 e. The first kappa shape index (κ1) is 11.8. The molecule has 0 radical (unpaired) electrons.